The Morgan fingerprint density at radius 2 is 2.19 bits per heavy atom. The molecule has 0 unspecified atom stereocenters. The first kappa shape index (κ1) is 18.1. The van der Waals surface area contributed by atoms with Crippen LogP contribution in [0.4, 0.5) is 0 Å². The molecule has 2 N–H and O–H groups in total. The van der Waals surface area contributed by atoms with E-state index in [2.05, 4.69) is 20.5 Å². The minimum absolute atomic E-state index is 0.0261. The zero-order chi connectivity index (χ0) is 19.1. The molecule has 27 heavy (non-hydrogen) atoms. The van der Waals surface area contributed by atoms with Gasteiger partial charge < -0.3 is 14.7 Å². The number of nitrogens with one attached hydrogen (secondary N) is 2. The predicted octanol–water partition coefficient (Wildman–Crippen LogP) is 2.00. The van der Waals surface area contributed by atoms with Crippen molar-refractivity contribution in [3.05, 3.63) is 30.5 Å². The molecule has 0 spiro atoms. The number of benzene rings is 1. The van der Waals surface area contributed by atoms with Crippen molar-refractivity contribution in [3.63, 3.8) is 0 Å². The van der Waals surface area contributed by atoms with Crippen molar-refractivity contribution in [2.24, 2.45) is 0 Å². The summed E-state index contributed by atoms with van der Waals surface area (Å²) in [4.78, 5) is 15.3. The van der Waals surface area contributed by atoms with Crippen molar-refractivity contribution in [1.29, 1.82) is 0 Å². The van der Waals surface area contributed by atoms with Crippen LogP contribution < -0.4 is 5.32 Å². The van der Waals surface area contributed by atoms with Crippen molar-refractivity contribution in [3.8, 4) is 11.5 Å². The van der Waals surface area contributed by atoms with E-state index in [4.69, 9.17) is 4.42 Å². The van der Waals surface area contributed by atoms with Gasteiger partial charge in [0.25, 0.3) is 11.1 Å². The van der Waals surface area contributed by atoms with Crippen LogP contribution in [-0.2, 0) is 14.6 Å². The average molecular weight is 406 g/mol. The highest BCUT2D eigenvalue weighted by Crippen LogP contribution is 2.29. The smallest absolute Gasteiger partial charge is 0.277 e. The zero-order valence-corrected chi connectivity index (χ0v) is 16.2. The number of nitrogens with zero attached hydrogens (tertiary/aromatic N) is 2. The Morgan fingerprint density at radius 3 is 2.96 bits per heavy atom. The fourth-order valence-corrected chi connectivity index (χ4v) is 5.89. The molecular formula is C17H18N4O4S2. The summed E-state index contributed by atoms with van der Waals surface area (Å²) in [5.74, 6) is 0.275. The average Bonchev–Trinajstić information content (AvgIpc) is 3.30. The van der Waals surface area contributed by atoms with Gasteiger partial charge in [-0.1, -0.05) is 30.0 Å². The van der Waals surface area contributed by atoms with E-state index < -0.39 is 15.4 Å². The molecule has 3 aromatic rings. The van der Waals surface area contributed by atoms with Gasteiger partial charge in [0.2, 0.25) is 5.91 Å². The Morgan fingerprint density at radius 1 is 1.37 bits per heavy atom. The number of hydrogen-bond acceptors (Lipinski definition) is 7. The molecule has 4 rings (SSSR count). The number of hydrogen-bond donors (Lipinski definition) is 2. The summed E-state index contributed by atoms with van der Waals surface area (Å²) >= 11 is 1.12. The Kier molecular flexibility index (Phi) is 4.47. The van der Waals surface area contributed by atoms with Crippen molar-refractivity contribution in [2.45, 2.75) is 24.1 Å². The molecule has 10 heteroatoms. The van der Waals surface area contributed by atoms with E-state index in [0.717, 1.165) is 28.2 Å². The van der Waals surface area contributed by atoms with E-state index in [9.17, 15) is 13.2 Å². The van der Waals surface area contributed by atoms with Gasteiger partial charge in [-0.05, 0) is 19.4 Å². The van der Waals surface area contributed by atoms with Gasteiger partial charge >= 0.3 is 0 Å². The number of aromatic amines is 1. The number of rotatable bonds is 5. The molecular weight excluding hydrogens is 388 g/mol. The van der Waals surface area contributed by atoms with Gasteiger partial charge in [-0.3, -0.25) is 4.79 Å². The second kappa shape index (κ2) is 6.68. The number of amides is 1. The third-order valence-electron chi connectivity index (χ3n) is 4.50. The fraction of sp³-hybridized carbons (Fsp3) is 0.353. The van der Waals surface area contributed by atoms with Crippen LogP contribution in [-0.4, -0.2) is 52.3 Å². The molecule has 3 heterocycles. The fourth-order valence-electron chi connectivity index (χ4n) is 3.23. The number of aromatic nitrogens is 3. The second-order valence-corrected chi connectivity index (χ2v) is 9.97. The zero-order valence-electron chi connectivity index (χ0n) is 14.6. The third kappa shape index (κ3) is 3.86. The largest absolute Gasteiger partial charge is 0.411 e. The molecule has 142 valence electrons. The van der Waals surface area contributed by atoms with E-state index in [1.165, 1.54) is 0 Å². The summed E-state index contributed by atoms with van der Waals surface area (Å²) in [7, 11) is -3.07. The molecule has 1 atom stereocenters. The standard InChI is InChI=1S/C17H18N4O4S2/c1-17(6-7-27(23,24)10-17)19-14(22)9-26-16-21-20-15(25-16)12-8-18-13-5-3-2-4-11(12)13/h2-5,8,18H,6-7,9-10H2,1H3,(H,19,22)/t17-/m0/s1. The maximum Gasteiger partial charge on any atom is 0.277 e. The van der Waals surface area contributed by atoms with E-state index in [1.54, 1.807) is 13.1 Å². The quantitative estimate of drug-likeness (QED) is 0.622. The number of H-pyrrole nitrogens is 1. The SMILES string of the molecule is C[C@]1(NC(=O)CSc2nnc(-c3c[nH]c4ccccc34)o2)CCS(=O)(=O)C1. The van der Waals surface area contributed by atoms with Crippen molar-refractivity contribution in [2.75, 3.05) is 17.3 Å². The molecule has 1 amide bonds. The number of carbonyl (C=O) groups excluding carboxylic acids is 1. The Hall–Kier alpha value is -2.33. The first-order chi connectivity index (χ1) is 12.8. The molecule has 1 fully saturated rings. The molecule has 2 aromatic heterocycles. The summed E-state index contributed by atoms with van der Waals surface area (Å²) in [6, 6.07) is 7.78. The molecule has 1 aromatic carbocycles. The highest BCUT2D eigenvalue weighted by atomic mass is 32.2. The monoisotopic (exact) mass is 406 g/mol. The molecule has 0 saturated carbocycles. The van der Waals surface area contributed by atoms with Crippen LogP contribution in [0, 0.1) is 0 Å². The lowest BCUT2D eigenvalue weighted by Gasteiger charge is -2.23. The van der Waals surface area contributed by atoms with Gasteiger partial charge in [-0.2, -0.15) is 0 Å². The van der Waals surface area contributed by atoms with Crippen LogP contribution in [0.2, 0.25) is 0 Å². The van der Waals surface area contributed by atoms with Gasteiger partial charge in [0, 0.05) is 17.1 Å². The normalized spacial score (nSPS) is 21.5. The summed E-state index contributed by atoms with van der Waals surface area (Å²) in [5.41, 5.74) is 1.07. The Labute approximate surface area is 160 Å². The van der Waals surface area contributed by atoms with E-state index in [1.807, 2.05) is 24.3 Å². The molecule has 1 saturated heterocycles. The lowest BCUT2D eigenvalue weighted by molar-refractivity contribution is -0.120. The summed E-state index contributed by atoms with van der Waals surface area (Å²) in [5, 5.41) is 12.1. The molecule has 8 nitrogen and oxygen atoms in total. The minimum Gasteiger partial charge on any atom is -0.411 e. The number of thioether (sulfide) groups is 1. The maximum absolute atomic E-state index is 12.2. The molecule has 0 radical (unpaired) electrons. The molecule has 1 aliphatic heterocycles. The van der Waals surface area contributed by atoms with E-state index in [0.29, 0.717) is 12.3 Å². The molecule has 0 aliphatic carbocycles. The van der Waals surface area contributed by atoms with Gasteiger partial charge in [-0.25, -0.2) is 8.42 Å². The lowest BCUT2D eigenvalue weighted by Crippen LogP contribution is -2.47. The molecule has 1 aliphatic rings. The van der Waals surface area contributed by atoms with Crippen LogP contribution in [0.3, 0.4) is 0 Å². The van der Waals surface area contributed by atoms with E-state index >= 15 is 0 Å². The van der Waals surface area contributed by atoms with Gasteiger partial charge in [-0.15, -0.1) is 10.2 Å². The summed E-state index contributed by atoms with van der Waals surface area (Å²) < 4.78 is 28.9. The van der Waals surface area contributed by atoms with Crippen LogP contribution >= 0.6 is 11.8 Å². The van der Waals surface area contributed by atoms with Crippen LogP contribution in [0.15, 0.2) is 40.1 Å². The third-order valence-corrected chi connectivity index (χ3v) is 7.22. The summed E-state index contributed by atoms with van der Waals surface area (Å²) in [6.45, 7) is 1.75. The van der Waals surface area contributed by atoms with Crippen LogP contribution in [0.5, 0.6) is 0 Å². The van der Waals surface area contributed by atoms with Gasteiger partial charge in [0.05, 0.1) is 28.4 Å². The highest BCUT2D eigenvalue weighted by Gasteiger charge is 2.39. The Bertz CT molecular complexity index is 1110. The predicted molar refractivity (Wildman–Crippen MR) is 102 cm³/mol. The first-order valence-electron chi connectivity index (χ1n) is 8.38. The number of fused-ring (bicyclic) bond motifs is 1. The topological polar surface area (TPSA) is 118 Å². The van der Waals surface area contributed by atoms with Gasteiger partial charge in [0.1, 0.15) is 0 Å². The van der Waals surface area contributed by atoms with Crippen molar-refractivity contribution in [1.82, 2.24) is 20.5 Å². The van der Waals surface area contributed by atoms with Crippen LogP contribution in [0.25, 0.3) is 22.4 Å². The Balaban J connectivity index is 1.39. The van der Waals surface area contributed by atoms with Crippen molar-refractivity contribution < 1.29 is 17.6 Å². The first-order valence-corrected chi connectivity index (χ1v) is 11.2. The maximum atomic E-state index is 12.2. The number of para-hydroxylation sites is 1. The second-order valence-electron chi connectivity index (χ2n) is 6.86. The molecule has 0 bridgehead atoms. The summed E-state index contributed by atoms with van der Waals surface area (Å²) in [6.07, 6.45) is 2.23. The van der Waals surface area contributed by atoms with Crippen LogP contribution in [0.1, 0.15) is 13.3 Å². The van der Waals surface area contributed by atoms with Crippen molar-refractivity contribution >= 4 is 38.4 Å². The van der Waals surface area contributed by atoms with E-state index in [-0.39, 0.29) is 28.4 Å². The van der Waals surface area contributed by atoms with Gasteiger partial charge in [0.15, 0.2) is 9.84 Å². The minimum atomic E-state index is -3.07. The highest BCUT2D eigenvalue weighted by molar-refractivity contribution is 7.99. The lowest BCUT2D eigenvalue weighted by atomic mass is 10.0. The number of carbonyl (C=O) groups is 1. The number of sulfone groups is 1.